The van der Waals surface area contributed by atoms with Crippen molar-refractivity contribution in [3.63, 3.8) is 0 Å². The third-order valence-corrected chi connectivity index (χ3v) is 4.48. The summed E-state index contributed by atoms with van der Waals surface area (Å²) >= 11 is 13.0. The minimum Gasteiger partial charge on any atom is -0.331 e. The molecule has 0 aliphatic rings. The minimum absolute atomic E-state index is 0.754. The summed E-state index contributed by atoms with van der Waals surface area (Å²) in [5, 5.41) is 0. The van der Waals surface area contributed by atoms with Gasteiger partial charge in [0.15, 0.2) is 4.77 Å². The van der Waals surface area contributed by atoms with Crippen molar-refractivity contribution >= 4 is 46.2 Å². The number of aromatic nitrogens is 2. The van der Waals surface area contributed by atoms with Crippen molar-refractivity contribution in [3.05, 3.63) is 49.9 Å². The number of nitrogens with zero attached hydrogens (tertiary/aromatic N) is 1. The predicted octanol–water partition coefficient (Wildman–Crippen LogP) is 4.77. The molecule has 0 bridgehead atoms. The number of imidazole rings is 1. The number of para-hydroxylation sites is 1. The van der Waals surface area contributed by atoms with Gasteiger partial charge in [0, 0.05) is 4.88 Å². The lowest BCUT2D eigenvalue weighted by Gasteiger charge is -2.04. The molecule has 2 aromatic heterocycles. The van der Waals surface area contributed by atoms with Gasteiger partial charge in [0.05, 0.1) is 21.9 Å². The summed E-state index contributed by atoms with van der Waals surface area (Å²) in [7, 11) is 0. The lowest BCUT2D eigenvalue weighted by molar-refractivity contribution is 0.821. The number of H-pyrrole nitrogens is 1. The topological polar surface area (TPSA) is 20.7 Å². The first-order chi connectivity index (χ1) is 8.65. The molecule has 1 aromatic carbocycles. The smallest absolute Gasteiger partial charge is 0.178 e. The first-order valence-electron chi connectivity index (χ1n) is 5.57. The summed E-state index contributed by atoms with van der Waals surface area (Å²) in [4.78, 5) is 4.45. The van der Waals surface area contributed by atoms with Crippen LogP contribution in [-0.4, -0.2) is 9.55 Å². The van der Waals surface area contributed by atoms with E-state index in [1.54, 1.807) is 11.3 Å². The molecule has 0 saturated heterocycles. The summed E-state index contributed by atoms with van der Waals surface area (Å²) in [5.41, 5.74) is 3.48. The zero-order valence-electron chi connectivity index (χ0n) is 9.74. The van der Waals surface area contributed by atoms with E-state index in [4.69, 9.17) is 23.8 Å². The van der Waals surface area contributed by atoms with Crippen LogP contribution in [0.5, 0.6) is 0 Å². The van der Waals surface area contributed by atoms with E-state index in [0.717, 1.165) is 21.2 Å². The van der Waals surface area contributed by atoms with Crippen LogP contribution in [0.2, 0.25) is 4.34 Å². The van der Waals surface area contributed by atoms with E-state index >= 15 is 0 Å². The number of halogens is 1. The maximum Gasteiger partial charge on any atom is 0.178 e. The summed E-state index contributed by atoms with van der Waals surface area (Å²) in [5.74, 6) is 0. The number of hydrogen-bond acceptors (Lipinski definition) is 2. The molecule has 0 unspecified atom stereocenters. The van der Waals surface area contributed by atoms with Crippen molar-refractivity contribution in [1.82, 2.24) is 9.55 Å². The second kappa shape index (κ2) is 4.53. The number of benzene rings is 1. The first kappa shape index (κ1) is 12.0. The van der Waals surface area contributed by atoms with Crippen LogP contribution in [0.25, 0.3) is 11.0 Å². The minimum atomic E-state index is 0.754. The Labute approximate surface area is 119 Å². The standard InChI is InChI=1S/C13H11ClN2S2/c1-8-3-2-4-10-12(8)16(13(17)15-10)7-9-5-6-11(14)18-9/h2-6H,7H2,1H3,(H,15,17). The van der Waals surface area contributed by atoms with E-state index < -0.39 is 0 Å². The monoisotopic (exact) mass is 294 g/mol. The van der Waals surface area contributed by atoms with Crippen LogP contribution in [0, 0.1) is 11.7 Å². The Hall–Kier alpha value is -1.10. The van der Waals surface area contributed by atoms with Crippen LogP contribution in [0.15, 0.2) is 30.3 Å². The maximum atomic E-state index is 5.97. The van der Waals surface area contributed by atoms with Crippen molar-refractivity contribution in [3.8, 4) is 0 Å². The molecule has 0 radical (unpaired) electrons. The third kappa shape index (κ3) is 2.00. The van der Waals surface area contributed by atoms with E-state index in [2.05, 4.69) is 28.6 Å². The molecule has 2 nitrogen and oxygen atoms in total. The van der Waals surface area contributed by atoms with Gasteiger partial charge in [-0.2, -0.15) is 0 Å². The van der Waals surface area contributed by atoms with E-state index in [0.29, 0.717) is 0 Å². The van der Waals surface area contributed by atoms with Gasteiger partial charge in [-0.15, -0.1) is 11.3 Å². The Bertz CT molecular complexity index is 767. The highest BCUT2D eigenvalue weighted by Gasteiger charge is 2.08. The summed E-state index contributed by atoms with van der Waals surface area (Å²) in [6, 6.07) is 10.2. The van der Waals surface area contributed by atoms with Crippen LogP contribution >= 0.6 is 35.2 Å². The van der Waals surface area contributed by atoms with Crippen molar-refractivity contribution in [2.24, 2.45) is 0 Å². The number of nitrogens with one attached hydrogen (secondary N) is 1. The number of aryl methyl sites for hydroxylation is 1. The molecule has 5 heteroatoms. The molecule has 18 heavy (non-hydrogen) atoms. The highest BCUT2D eigenvalue weighted by molar-refractivity contribution is 7.71. The first-order valence-corrected chi connectivity index (χ1v) is 7.18. The largest absolute Gasteiger partial charge is 0.331 e. The van der Waals surface area contributed by atoms with Gasteiger partial charge in [0.2, 0.25) is 0 Å². The zero-order chi connectivity index (χ0) is 12.7. The molecule has 0 fully saturated rings. The van der Waals surface area contributed by atoms with Gasteiger partial charge in [0.25, 0.3) is 0 Å². The van der Waals surface area contributed by atoms with Crippen LogP contribution in [0.1, 0.15) is 10.4 Å². The average molecular weight is 295 g/mol. The zero-order valence-corrected chi connectivity index (χ0v) is 12.1. The summed E-state index contributed by atoms with van der Waals surface area (Å²) in [6.07, 6.45) is 0. The molecule has 92 valence electrons. The lowest BCUT2D eigenvalue weighted by atomic mass is 10.2. The average Bonchev–Trinajstić information content (AvgIpc) is 2.85. The third-order valence-electron chi connectivity index (χ3n) is 2.94. The molecule has 3 aromatic rings. The van der Waals surface area contributed by atoms with Crippen molar-refractivity contribution in [2.45, 2.75) is 13.5 Å². The highest BCUT2D eigenvalue weighted by Crippen LogP contribution is 2.25. The second-order valence-corrected chi connectivity index (χ2v) is 6.38. The Balaban J connectivity index is 2.16. The van der Waals surface area contributed by atoms with Gasteiger partial charge in [-0.3, -0.25) is 0 Å². The van der Waals surface area contributed by atoms with Crippen molar-refractivity contribution in [1.29, 1.82) is 0 Å². The molecule has 0 atom stereocenters. The molecule has 0 aliphatic heterocycles. The Morgan fingerprint density at radius 1 is 1.33 bits per heavy atom. The molecule has 3 rings (SSSR count). The Morgan fingerprint density at radius 2 is 2.17 bits per heavy atom. The summed E-state index contributed by atoms with van der Waals surface area (Å²) < 4.78 is 3.69. The predicted molar refractivity (Wildman–Crippen MR) is 80.3 cm³/mol. The molecular weight excluding hydrogens is 284 g/mol. The quantitative estimate of drug-likeness (QED) is 0.675. The fourth-order valence-corrected chi connectivity index (χ4v) is 3.49. The van der Waals surface area contributed by atoms with E-state index in [1.807, 2.05) is 18.2 Å². The SMILES string of the molecule is Cc1cccc2[nH]c(=S)n(Cc3ccc(Cl)s3)c12. The Kier molecular flexibility index (Phi) is 3.01. The number of thiophene rings is 1. The van der Waals surface area contributed by atoms with Gasteiger partial charge in [-0.05, 0) is 42.9 Å². The molecule has 1 N–H and O–H groups in total. The number of aromatic amines is 1. The number of hydrogen-bond donors (Lipinski definition) is 1. The van der Waals surface area contributed by atoms with Gasteiger partial charge in [0.1, 0.15) is 0 Å². The molecule has 0 spiro atoms. The molecular formula is C13H11ClN2S2. The van der Waals surface area contributed by atoms with Gasteiger partial charge < -0.3 is 9.55 Å². The van der Waals surface area contributed by atoms with Gasteiger partial charge in [-0.25, -0.2) is 0 Å². The molecule has 0 aliphatic carbocycles. The van der Waals surface area contributed by atoms with Gasteiger partial charge >= 0.3 is 0 Å². The van der Waals surface area contributed by atoms with Crippen molar-refractivity contribution in [2.75, 3.05) is 0 Å². The Morgan fingerprint density at radius 3 is 2.89 bits per heavy atom. The number of rotatable bonds is 2. The van der Waals surface area contributed by atoms with Crippen LogP contribution in [0.4, 0.5) is 0 Å². The van der Waals surface area contributed by atoms with Crippen LogP contribution in [0.3, 0.4) is 0 Å². The summed E-state index contributed by atoms with van der Waals surface area (Å²) in [6.45, 7) is 2.87. The van der Waals surface area contributed by atoms with E-state index in [9.17, 15) is 0 Å². The molecule has 0 saturated carbocycles. The second-order valence-electron chi connectivity index (χ2n) is 4.19. The van der Waals surface area contributed by atoms with E-state index in [1.165, 1.54) is 16.0 Å². The highest BCUT2D eigenvalue weighted by atomic mass is 35.5. The van der Waals surface area contributed by atoms with E-state index in [-0.39, 0.29) is 0 Å². The fraction of sp³-hybridized carbons (Fsp3) is 0.154. The van der Waals surface area contributed by atoms with Crippen molar-refractivity contribution < 1.29 is 0 Å². The lowest BCUT2D eigenvalue weighted by Crippen LogP contribution is -1.98. The molecule has 0 amide bonds. The normalized spacial score (nSPS) is 11.2. The van der Waals surface area contributed by atoms with Crippen LogP contribution < -0.4 is 0 Å². The van der Waals surface area contributed by atoms with Crippen LogP contribution in [-0.2, 0) is 6.54 Å². The number of fused-ring (bicyclic) bond motifs is 1. The maximum absolute atomic E-state index is 5.97. The molecule has 2 heterocycles. The van der Waals surface area contributed by atoms with Gasteiger partial charge in [-0.1, -0.05) is 23.7 Å². The fourth-order valence-electron chi connectivity index (χ4n) is 2.15.